The molecule has 4 nitrogen and oxygen atoms in total. The van der Waals surface area contributed by atoms with Gasteiger partial charge in [0.25, 0.3) is 5.91 Å². The predicted molar refractivity (Wildman–Crippen MR) is 91.3 cm³/mol. The zero-order chi connectivity index (χ0) is 15.9. The summed E-state index contributed by atoms with van der Waals surface area (Å²) < 4.78 is 5.05. The highest BCUT2D eigenvalue weighted by molar-refractivity contribution is 7.80. The van der Waals surface area contributed by atoms with Crippen LogP contribution in [0.1, 0.15) is 15.9 Å². The largest absolute Gasteiger partial charge is 0.495 e. The summed E-state index contributed by atoms with van der Waals surface area (Å²) in [5.41, 5.74) is 1.49. The number of methoxy groups -OCH3 is 1. The van der Waals surface area contributed by atoms with Gasteiger partial charge < -0.3 is 10.1 Å². The van der Waals surface area contributed by atoms with Gasteiger partial charge in [0, 0.05) is 12.1 Å². The number of rotatable bonds is 4. The van der Waals surface area contributed by atoms with Crippen LogP contribution in [0.25, 0.3) is 0 Å². The molecule has 0 saturated heterocycles. The van der Waals surface area contributed by atoms with Gasteiger partial charge in [0.2, 0.25) is 0 Å². The van der Waals surface area contributed by atoms with Crippen molar-refractivity contribution < 1.29 is 9.53 Å². The van der Waals surface area contributed by atoms with Gasteiger partial charge in [-0.2, -0.15) is 0 Å². The molecule has 1 amide bonds. The van der Waals surface area contributed by atoms with Crippen molar-refractivity contribution in [2.45, 2.75) is 6.54 Å². The van der Waals surface area contributed by atoms with Gasteiger partial charge in [-0.05, 0) is 36.0 Å². The second-order valence-corrected chi connectivity index (χ2v) is 5.29. The van der Waals surface area contributed by atoms with Gasteiger partial charge in [0.15, 0.2) is 5.11 Å². The van der Waals surface area contributed by atoms with Crippen LogP contribution >= 0.6 is 23.8 Å². The first-order valence-corrected chi connectivity index (χ1v) is 7.35. The van der Waals surface area contributed by atoms with Crippen LogP contribution in [0.5, 0.6) is 5.75 Å². The Morgan fingerprint density at radius 2 is 1.95 bits per heavy atom. The lowest BCUT2D eigenvalue weighted by Crippen LogP contribution is -2.38. The number of carbonyl (C=O) groups is 1. The third-order valence-electron chi connectivity index (χ3n) is 2.94. The predicted octanol–water partition coefficient (Wildman–Crippen LogP) is 3.15. The maximum Gasteiger partial charge on any atom is 0.257 e. The minimum absolute atomic E-state index is 0.265. The van der Waals surface area contributed by atoms with Crippen molar-refractivity contribution in [2.24, 2.45) is 0 Å². The van der Waals surface area contributed by atoms with E-state index in [4.69, 9.17) is 28.6 Å². The molecule has 22 heavy (non-hydrogen) atoms. The minimum atomic E-state index is -0.324. The highest BCUT2D eigenvalue weighted by atomic mass is 35.5. The molecule has 2 rings (SSSR count). The molecular weight excluding hydrogens is 320 g/mol. The molecule has 0 heterocycles. The lowest BCUT2D eigenvalue weighted by atomic mass is 10.2. The van der Waals surface area contributed by atoms with Gasteiger partial charge in [0.05, 0.1) is 12.1 Å². The van der Waals surface area contributed by atoms with E-state index in [0.717, 1.165) is 5.56 Å². The normalized spacial score (nSPS) is 9.91. The SMILES string of the molecule is COc1ccc(C(=O)NC(=S)NCc2ccccc2)cc1Cl. The van der Waals surface area contributed by atoms with Gasteiger partial charge in [-0.1, -0.05) is 41.9 Å². The van der Waals surface area contributed by atoms with Crippen LogP contribution in [-0.4, -0.2) is 18.1 Å². The number of ether oxygens (including phenoxy) is 1. The molecule has 0 fully saturated rings. The Morgan fingerprint density at radius 1 is 1.23 bits per heavy atom. The maximum absolute atomic E-state index is 12.1. The Kier molecular flexibility index (Phi) is 5.75. The summed E-state index contributed by atoms with van der Waals surface area (Å²) in [5, 5.41) is 6.23. The van der Waals surface area contributed by atoms with Crippen LogP contribution in [0, 0.1) is 0 Å². The Morgan fingerprint density at radius 3 is 2.59 bits per heavy atom. The first-order valence-electron chi connectivity index (χ1n) is 6.57. The van der Waals surface area contributed by atoms with Gasteiger partial charge in [0.1, 0.15) is 5.75 Å². The summed E-state index contributed by atoms with van der Waals surface area (Å²) in [5.74, 6) is 0.193. The molecule has 0 radical (unpaired) electrons. The fraction of sp³-hybridized carbons (Fsp3) is 0.125. The Balaban J connectivity index is 1.91. The highest BCUT2D eigenvalue weighted by Crippen LogP contribution is 2.24. The number of benzene rings is 2. The summed E-state index contributed by atoms with van der Waals surface area (Å²) in [6, 6.07) is 14.6. The van der Waals surface area contributed by atoms with Gasteiger partial charge in [-0.3, -0.25) is 10.1 Å². The number of amides is 1. The quantitative estimate of drug-likeness (QED) is 0.843. The molecule has 2 aromatic carbocycles. The van der Waals surface area contributed by atoms with Crippen molar-refractivity contribution in [1.29, 1.82) is 0 Å². The Bertz CT molecular complexity index is 677. The van der Waals surface area contributed by atoms with E-state index in [1.807, 2.05) is 30.3 Å². The number of nitrogens with one attached hydrogen (secondary N) is 2. The summed E-state index contributed by atoms with van der Waals surface area (Å²) in [6.07, 6.45) is 0. The molecule has 0 aliphatic rings. The lowest BCUT2D eigenvalue weighted by molar-refractivity contribution is 0.0976. The monoisotopic (exact) mass is 334 g/mol. The molecule has 2 aromatic rings. The molecule has 0 saturated carbocycles. The zero-order valence-corrected chi connectivity index (χ0v) is 13.5. The molecule has 6 heteroatoms. The smallest absolute Gasteiger partial charge is 0.257 e. The van der Waals surface area contributed by atoms with Gasteiger partial charge in [-0.25, -0.2) is 0 Å². The van der Waals surface area contributed by atoms with Crippen LogP contribution in [0.15, 0.2) is 48.5 Å². The van der Waals surface area contributed by atoms with Crippen LogP contribution in [0.2, 0.25) is 5.02 Å². The first kappa shape index (κ1) is 16.3. The van der Waals surface area contributed by atoms with E-state index in [1.165, 1.54) is 13.2 Å². The van der Waals surface area contributed by atoms with Crippen LogP contribution in [0.3, 0.4) is 0 Å². The molecule has 0 atom stereocenters. The van der Waals surface area contributed by atoms with Crippen LogP contribution < -0.4 is 15.4 Å². The average molecular weight is 335 g/mol. The summed E-state index contributed by atoms with van der Waals surface area (Å²) in [7, 11) is 1.52. The third kappa shape index (κ3) is 4.44. The van der Waals surface area contributed by atoms with E-state index >= 15 is 0 Å². The molecule has 114 valence electrons. The number of hydrogen-bond acceptors (Lipinski definition) is 3. The molecule has 0 aromatic heterocycles. The van der Waals surface area contributed by atoms with Crippen molar-refractivity contribution >= 4 is 34.8 Å². The van der Waals surface area contributed by atoms with Crippen molar-refractivity contribution in [1.82, 2.24) is 10.6 Å². The van der Waals surface area contributed by atoms with Gasteiger partial charge >= 0.3 is 0 Å². The summed E-state index contributed by atoms with van der Waals surface area (Å²) in [4.78, 5) is 12.1. The van der Waals surface area contributed by atoms with E-state index in [9.17, 15) is 4.79 Å². The van der Waals surface area contributed by atoms with E-state index < -0.39 is 0 Å². The molecule has 0 unspecified atom stereocenters. The zero-order valence-electron chi connectivity index (χ0n) is 11.9. The van der Waals surface area contributed by atoms with Gasteiger partial charge in [-0.15, -0.1) is 0 Å². The van der Waals surface area contributed by atoms with E-state index in [-0.39, 0.29) is 11.0 Å². The fourth-order valence-corrected chi connectivity index (χ4v) is 2.23. The molecule has 0 spiro atoms. The maximum atomic E-state index is 12.1. The van der Waals surface area contributed by atoms with E-state index in [1.54, 1.807) is 12.1 Å². The summed E-state index contributed by atoms with van der Waals surface area (Å²) in [6.45, 7) is 0.545. The molecule has 0 bridgehead atoms. The van der Waals surface area contributed by atoms with Crippen molar-refractivity contribution in [3.63, 3.8) is 0 Å². The number of carbonyl (C=O) groups excluding carboxylic acids is 1. The molecule has 0 aliphatic heterocycles. The van der Waals surface area contributed by atoms with E-state index in [0.29, 0.717) is 22.9 Å². The van der Waals surface area contributed by atoms with E-state index in [2.05, 4.69) is 10.6 Å². The standard InChI is InChI=1S/C16H15ClN2O2S/c1-21-14-8-7-12(9-13(14)17)15(20)19-16(22)18-10-11-5-3-2-4-6-11/h2-9H,10H2,1H3,(H2,18,19,20,22). The average Bonchev–Trinajstić information content (AvgIpc) is 2.53. The third-order valence-corrected chi connectivity index (χ3v) is 3.48. The number of halogens is 1. The Hall–Kier alpha value is -2.11. The minimum Gasteiger partial charge on any atom is -0.495 e. The fourth-order valence-electron chi connectivity index (χ4n) is 1.81. The summed E-state index contributed by atoms with van der Waals surface area (Å²) >= 11 is 11.1. The van der Waals surface area contributed by atoms with Crippen LogP contribution in [-0.2, 0) is 6.54 Å². The first-order chi connectivity index (χ1) is 10.6. The van der Waals surface area contributed by atoms with Crippen LogP contribution in [0.4, 0.5) is 0 Å². The number of hydrogen-bond donors (Lipinski definition) is 2. The highest BCUT2D eigenvalue weighted by Gasteiger charge is 2.10. The molecular formula is C16H15ClN2O2S. The number of thiocarbonyl (C=S) groups is 1. The molecule has 2 N–H and O–H groups in total. The topological polar surface area (TPSA) is 50.4 Å². The van der Waals surface area contributed by atoms with Crippen molar-refractivity contribution in [3.05, 3.63) is 64.7 Å². The lowest BCUT2D eigenvalue weighted by Gasteiger charge is -2.10. The Labute approximate surface area is 139 Å². The molecule has 0 aliphatic carbocycles. The van der Waals surface area contributed by atoms with Crippen molar-refractivity contribution in [2.75, 3.05) is 7.11 Å². The van der Waals surface area contributed by atoms with Crippen molar-refractivity contribution in [3.8, 4) is 5.75 Å². The second-order valence-electron chi connectivity index (χ2n) is 4.47. The second kappa shape index (κ2) is 7.77.